The lowest BCUT2D eigenvalue weighted by Gasteiger charge is -2.10. The van der Waals surface area contributed by atoms with Gasteiger partial charge >= 0.3 is 0 Å². The van der Waals surface area contributed by atoms with E-state index in [0.717, 1.165) is 11.1 Å². The highest BCUT2D eigenvalue weighted by molar-refractivity contribution is 6.30. The maximum atomic E-state index is 12.6. The first-order valence-electron chi connectivity index (χ1n) is 9.30. The second-order valence-corrected chi connectivity index (χ2v) is 7.32. The average molecular weight is 420 g/mol. The van der Waals surface area contributed by atoms with Crippen LogP contribution in [0.5, 0.6) is 5.75 Å². The molecule has 0 saturated carbocycles. The van der Waals surface area contributed by atoms with Gasteiger partial charge in [-0.15, -0.1) is 0 Å². The summed E-state index contributed by atoms with van der Waals surface area (Å²) in [6, 6.07) is 15.5. The molecule has 150 valence electrons. The highest BCUT2D eigenvalue weighted by Gasteiger charge is 2.15. The maximum Gasteiger partial charge on any atom is 0.255 e. The number of carbonyl (C=O) groups is 1. The van der Waals surface area contributed by atoms with Crippen LogP contribution in [-0.4, -0.2) is 21.0 Å². The molecule has 0 radical (unpaired) electrons. The Morgan fingerprint density at radius 1 is 1.07 bits per heavy atom. The molecule has 1 amide bonds. The van der Waals surface area contributed by atoms with Crippen molar-refractivity contribution in [3.05, 3.63) is 105 Å². The van der Waals surface area contributed by atoms with Gasteiger partial charge in [-0.1, -0.05) is 23.7 Å². The van der Waals surface area contributed by atoms with Crippen molar-refractivity contribution in [3.8, 4) is 5.75 Å². The Morgan fingerprint density at radius 3 is 2.63 bits per heavy atom. The largest absolute Gasteiger partial charge is 0.507 e. The number of pyridine rings is 2. The summed E-state index contributed by atoms with van der Waals surface area (Å²) in [7, 11) is 0. The third-order valence-electron chi connectivity index (χ3n) is 4.82. The van der Waals surface area contributed by atoms with Gasteiger partial charge in [0.15, 0.2) is 0 Å². The topological polar surface area (TPSA) is 95.1 Å². The van der Waals surface area contributed by atoms with Crippen molar-refractivity contribution in [2.24, 2.45) is 0 Å². The summed E-state index contributed by atoms with van der Waals surface area (Å²) < 4.78 is 0. The van der Waals surface area contributed by atoms with Gasteiger partial charge in [0.05, 0.1) is 11.1 Å². The maximum absolute atomic E-state index is 12.6. The monoisotopic (exact) mass is 419 g/mol. The predicted molar refractivity (Wildman–Crippen MR) is 116 cm³/mol. The number of aromatic amines is 1. The van der Waals surface area contributed by atoms with Gasteiger partial charge in [-0.3, -0.25) is 14.6 Å². The summed E-state index contributed by atoms with van der Waals surface area (Å²) in [6.45, 7) is 0.358. The Morgan fingerprint density at radius 2 is 1.87 bits per heavy atom. The van der Waals surface area contributed by atoms with Gasteiger partial charge in [-0.05, 0) is 53.6 Å². The smallest absolute Gasteiger partial charge is 0.255 e. The second kappa shape index (κ2) is 8.39. The third-order valence-corrected chi connectivity index (χ3v) is 5.05. The van der Waals surface area contributed by atoms with Gasteiger partial charge in [0.25, 0.3) is 11.5 Å². The minimum absolute atomic E-state index is 0.141. The summed E-state index contributed by atoms with van der Waals surface area (Å²) in [6.07, 6.45) is 3.54. The van der Waals surface area contributed by atoms with Crippen LogP contribution in [-0.2, 0) is 13.0 Å². The van der Waals surface area contributed by atoms with E-state index in [2.05, 4.69) is 15.3 Å². The van der Waals surface area contributed by atoms with Gasteiger partial charge in [-0.2, -0.15) is 0 Å². The minimum atomic E-state index is -0.380. The zero-order valence-corrected chi connectivity index (χ0v) is 16.6. The molecule has 4 rings (SSSR count). The standard InChI is InChI=1S/C23H18ClN3O3/c24-17-3-1-2-15(10-17)11-19-21(28)18-12-16(4-5-20(18)27-23(19)30)22(29)26-13-14-6-8-25-9-7-14/h1-10,12H,11,13H2,(H,26,29)(H2,27,28,30). The van der Waals surface area contributed by atoms with Gasteiger partial charge in [-0.25, -0.2) is 0 Å². The third kappa shape index (κ3) is 4.18. The van der Waals surface area contributed by atoms with Gasteiger partial charge < -0.3 is 15.4 Å². The van der Waals surface area contributed by atoms with E-state index >= 15 is 0 Å². The van der Waals surface area contributed by atoms with E-state index < -0.39 is 0 Å². The molecule has 0 atom stereocenters. The Labute approximate surface area is 177 Å². The van der Waals surface area contributed by atoms with E-state index in [4.69, 9.17) is 11.6 Å². The number of amides is 1. The fourth-order valence-corrected chi connectivity index (χ4v) is 3.47. The number of H-pyrrole nitrogens is 1. The van der Waals surface area contributed by atoms with Crippen molar-refractivity contribution >= 4 is 28.4 Å². The average Bonchev–Trinajstić information content (AvgIpc) is 2.75. The molecule has 0 bridgehead atoms. The predicted octanol–water partition coefficient (Wildman–Crippen LogP) is 3.80. The number of rotatable bonds is 5. The number of benzene rings is 2. The molecule has 2 aromatic carbocycles. The van der Waals surface area contributed by atoms with E-state index in [1.54, 1.807) is 48.8 Å². The highest BCUT2D eigenvalue weighted by atomic mass is 35.5. The van der Waals surface area contributed by atoms with Crippen molar-refractivity contribution in [2.45, 2.75) is 13.0 Å². The van der Waals surface area contributed by atoms with Gasteiger partial charge in [0, 0.05) is 41.3 Å². The molecule has 4 aromatic rings. The van der Waals surface area contributed by atoms with Gasteiger partial charge in [0.1, 0.15) is 5.75 Å². The second-order valence-electron chi connectivity index (χ2n) is 6.89. The van der Waals surface area contributed by atoms with E-state index in [9.17, 15) is 14.7 Å². The summed E-state index contributed by atoms with van der Waals surface area (Å²) in [5.41, 5.74) is 2.41. The lowest BCUT2D eigenvalue weighted by Crippen LogP contribution is -2.22. The van der Waals surface area contributed by atoms with Crippen molar-refractivity contribution in [1.82, 2.24) is 15.3 Å². The van der Waals surface area contributed by atoms with Crippen LogP contribution in [0.25, 0.3) is 10.9 Å². The normalized spacial score (nSPS) is 10.8. The van der Waals surface area contributed by atoms with Crippen molar-refractivity contribution in [1.29, 1.82) is 0 Å². The highest BCUT2D eigenvalue weighted by Crippen LogP contribution is 2.28. The molecule has 0 aliphatic carbocycles. The molecule has 0 aliphatic heterocycles. The van der Waals surface area contributed by atoms with Crippen LogP contribution in [0.1, 0.15) is 27.0 Å². The molecular weight excluding hydrogens is 402 g/mol. The lowest BCUT2D eigenvalue weighted by molar-refractivity contribution is 0.0951. The van der Waals surface area contributed by atoms with E-state index in [1.165, 1.54) is 0 Å². The van der Waals surface area contributed by atoms with Crippen LogP contribution in [0.2, 0.25) is 5.02 Å². The number of hydrogen-bond donors (Lipinski definition) is 3. The Balaban J connectivity index is 1.64. The number of aromatic hydroxyl groups is 1. The number of nitrogens with zero attached hydrogens (tertiary/aromatic N) is 1. The number of nitrogens with one attached hydrogen (secondary N) is 2. The molecular formula is C23H18ClN3O3. The van der Waals surface area contributed by atoms with Gasteiger partial charge in [0.2, 0.25) is 0 Å². The molecule has 2 heterocycles. The molecule has 3 N–H and O–H groups in total. The first kappa shape index (κ1) is 19.7. The zero-order valence-electron chi connectivity index (χ0n) is 15.9. The zero-order chi connectivity index (χ0) is 21.1. The molecule has 0 fully saturated rings. The van der Waals surface area contributed by atoms with Crippen molar-refractivity contribution in [2.75, 3.05) is 0 Å². The van der Waals surface area contributed by atoms with Crippen LogP contribution in [0.3, 0.4) is 0 Å². The molecule has 6 nitrogen and oxygen atoms in total. The number of halogens is 1. The fraction of sp³-hybridized carbons (Fsp3) is 0.0870. The van der Waals surface area contributed by atoms with Crippen LogP contribution in [0, 0.1) is 0 Å². The number of carbonyl (C=O) groups excluding carboxylic acids is 1. The van der Waals surface area contributed by atoms with Crippen LogP contribution in [0.15, 0.2) is 71.8 Å². The molecule has 30 heavy (non-hydrogen) atoms. The fourth-order valence-electron chi connectivity index (χ4n) is 3.26. The van der Waals surface area contributed by atoms with Crippen molar-refractivity contribution in [3.63, 3.8) is 0 Å². The first-order valence-corrected chi connectivity index (χ1v) is 9.68. The van der Waals surface area contributed by atoms with Crippen LogP contribution < -0.4 is 10.9 Å². The first-order chi connectivity index (χ1) is 14.5. The Kier molecular flexibility index (Phi) is 5.50. The van der Waals surface area contributed by atoms with E-state index in [-0.39, 0.29) is 29.2 Å². The molecule has 2 aromatic heterocycles. The molecule has 0 saturated heterocycles. The molecule has 0 unspecified atom stereocenters. The number of fused-ring (bicyclic) bond motifs is 1. The van der Waals surface area contributed by atoms with E-state index in [1.807, 2.05) is 18.2 Å². The summed E-state index contributed by atoms with van der Waals surface area (Å²) in [5, 5.41) is 14.6. The van der Waals surface area contributed by atoms with Crippen LogP contribution >= 0.6 is 11.6 Å². The molecule has 7 heteroatoms. The molecule has 0 spiro atoms. The lowest BCUT2D eigenvalue weighted by atomic mass is 10.0. The minimum Gasteiger partial charge on any atom is -0.507 e. The quantitative estimate of drug-likeness (QED) is 0.458. The SMILES string of the molecule is O=C(NCc1ccncc1)c1ccc2[nH]c(=O)c(Cc3cccc(Cl)c3)c(O)c2c1. The summed E-state index contributed by atoms with van der Waals surface area (Å²) >= 11 is 6.02. The number of hydrogen-bond acceptors (Lipinski definition) is 4. The van der Waals surface area contributed by atoms with Crippen molar-refractivity contribution < 1.29 is 9.90 Å². The Bertz CT molecular complexity index is 1290. The Hall–Kier alpha value is -3.64. The summed E-state index contributed by atoms with van der Waals surface area (Å²) in [5.74, 6) is -0.423. The summed E-state index contributed by atoms with van der Waals surface area (Å²) in [4.78, 5) is 31.8. The van der Waals surface area contributed by atoms with Crippen LogP contribution in [0.4, 0.5) is 0 Å². The number of aromatic nitrogens is 2. The van der Waals surface area contributed by atoms with E-state index in [0.29, 0.717) is 28.0 Å². The molecule has 0 aliphatic rings.